The number of carboxylic acid groups (broad SMARTS) is 1. The topological polar surface area (TPSA) is 112 Å². The Morgan fingerprint density at radius 3 is 1.95 bits per heavy atom. The van der Waals surface area contributed by atoms with Crippen molar-refractivity contribution in [2.75, 3.05) is 0 Å². The Morgan fingerprint density at radius 2 is 1.43 bits per heavy atom. The highest BCUT2D eigenvalue weighted by atomic mass is 16.4. The van der Waals surface area contributed by atoms with Crippen LogP contribution >= 0.6 is 0 Å². The molecular formula is C15H10O6. The minimum Gasteiger partial charge on any atom is -0.478 e. The number of hydrogen-bond acceptors (Lipinski definition) is 5. The quantitative estimate of drug-likeness (QED) is 0.687. The molecule has 0 bridgehead atoms. The first-order valence-corrected chi connectivity index (χ1v) is 6.17. The Balaban J connectivity index is 2.22. The zero-order chi connectivity index (χ0) is 15.3. The Morgan fingerprint density at radius 1 is 0.905 bits per heavy atom. The van der Waals surface area contributed by atoms with Crippen molar-refractivity contribution >= 4 is 17.5 Å². The van der Waals surface area contributed by atoms with Gasteiger partial charge in [0.2, 0.25) is 0 Å². The van der Waals surface area contributed by atoms with E-state index in [1.165, 1.54) is 12.1 Å². The minimum absolute atomic E-state index is 0.00663. The molecule has 0 saturated carbocycles. The van der Waals surface area contributed by atoms with Crippen LogP contribution in [0.2, 0.25) is 0 Å². The third-order valence-electron chi connectivity index (χ3n) is 3.56. The second-order valence-corrected chi connectivity index (χ2v) is 4.87. The summed E-state index contributed by atoms with van der Waals surface area (Å²) in [5, 5.41) is 28.1. The van der Waals surface area contributed by atoms with Crippen molar-refractivity contribution in [2.45, 2.75) is 12.2 Å². The molecular weight excluding hydrogens is 276 g/mol. The first-order valence-electron chi connectivity index (χ1n) is 6.17. The highest BCUT2D eigenvalue weighted by Gasteiger charge is 2.36. The van der Waals surface area contributed by atoms with Gasteiger partial charge < -0.3 is 15.3 Å². The number of aliphatic hydroxyl groups excluding tert-OH is 2. The van der Waals surface area contributed by atoms with Crippen LogP contribution in [-0.4, -0.2) is 45.1 Å². The van der Waals surface area contributed by atoms with Crippen LogP contribution in [0.4, 0.5) is 0 Å². The summed E-state index contributed by atoms with van der Waals surface area (Å²) in [4.78, 5) is 35.7. The number of aromatic carboxylic acids is 1. The van der Waals surface area contributed by atoms with Gasteiger partial charge in [0.1, 0.15) is 12.2 Å². The van der Waals surface area contributed by atoms with E-state index in [-0.39, 0.29) is 27.8 Å². The fourth-order valence-corrected chi connectivity index (χ4v) is 2.47. The summed E-state index contributed by atoms with van der Waals surface area (Å²) in [6, 6.07) is 3.68. The number of carboxylic acids is 1. The maximum Gasteiger partial charge on any atom is 0.335 e. The number of hydrogen-bond donors (Lipinski definition) is 3. The lowest BCUT2D eigenvalue weighted by molar-refractivity contribution is 0.0696. The number of Topliss-reactive ketones (excluding diaryl/α,β-unsaturated/α-hetero) is 2. The van der Waals surface area contributed by atoms with Gasteiger partial charge in [-0.05, 0) is 30.4 Å². The average molecular weight is 286 g/mol. The van der Waals surface area contributed by atoms with Crippen LogP contribution in [0.15, 0.2) is 41.5 Å². The number of ketones is 2. The minimum atomic E-state index is -1.27. The predicted octanol–water partition coefficient (Wildman–Crippen LogP) is 0.352. The first kappa shape index (κ1) is 13.4. The molecule has 0 spiro atoms. The molecule has 21 heavy (non-hydrogen) atoms. The number of allylic oxidation sites excluding steroid dienone is 2. The van der Waals surface area contributed by atoms with Gasteiger partial charge in [-0.3, -0.25) is 9.59 Å². The summed E-state index contributed by atoms with van der Waals surface area (Å²) >= 11 is 0. The zero-order valence-electron chi connectivity index (χ0n) is 10.6. The van der Waals surface area contributed by atoms with Gasteiger partial charge in [-0.25, -0.2) is 4.79 Å². The molecule has 0 fully saturated rings. The van der Waals surface area contributed by atoms with Crippen LogP contribution in [0.25, 0.3) is 0 Å². The normalized spacial score (nSPS) is 23.9. The van der Waals surface area contributed by atoms with Crippen molar-refractivity contribution in [3.8, 4) is 0 Å². The number of carbonyl (C=O) groups is 3. The fraction of sp³-hybridized carbons (Fsp3) is 0.133. The van der Waals surface area contributed by atoms with Gasteiger partial charge in [0.15, 0.2) is 11.6 Å². The first-order chi connectivity index (χ1) is 9.90. The van der Waals surface area contributed by atoms with Gasteiger partial charge in [-0.2, -0.15) is 0 Å². The third kappa shape index (κ3) is 1.93. The summed E-state index contributed by atoms with van der Waals surface area (Å²) in [6.45, 7) is 0. The molecule has 6 nitrogen and oxygen atoms in total. The van der Waals surface area contributed by atoms with Crippen molar-refractivity contribution in [1.29, 1.82) is 0 Å². The summed E-state index contributed by atoms with van der Waals surface area (Å²) in [7, 11) is 0. The molecule has 2 unspecified atom stereocenters. The summed E-state index contributed by atoms with van der Waals surface area (Å²) < 4.78 is 0. The van der Waals surface area contributed by atoms with Crippen LogP contribution in [0.5, 0.6) is 0 Å². The summed E-state index contributed by atoms with van der Waals surface area (Å²) in [6.07, 6.45) is -0.254. The average Bonchev–Trinajstić information content (AvgIpc) is 2.46. The van der Waals surface area contributed by atoms with Crippen LogP contribution in [0, 0.1) is 0 Å². The number of rotatable bonds is 1. The molecule has 0 heterocycles. The van der Waals surface area contributed by atoms with Gasteiger partial charge in [0.05, 0.1) is 5.56 Å². The molecule has 3 rings (SSSR count). The molecule has 0 amide bonds. The van der Waals surface area contributed by atoms with Crippen molar-refractivity contribution < 1.29 is 29.7 Å². The lowest BCUT2D eigenvalue weighted by atomic mass is 9.78. The number of fused-ring (bicyclic) bond motifs is 2. The van der Waals surface area contributed by atoms with E-state index in [0.717, 1.165) is 18.2 Å². The van der Waals surface area contributed by atoms with E-state index in [4.69, 9.17) is 5.11 Å². The molecule has 0 radical (unpaired) electrons. The monoisotopic (exact) mass is 286 g/mol. The summed E-state index contributed by atoms with van der Waals surface area (Å²) in [5.41, 5.74) is 0.0180. The van der Waals surface area contributed by atoms with E-state index in [2.05, 4.69) is 0 Å². The molecule has 2 atom stereocenters. The highest BCUT2D eigenvalue weighted by molar-refractivity contribution is 6.31. The molecule has 1 aromatic rings. The molecule has 0 aliphatic heterocycles. The zero-order valence-corrected chi connectivity index (χ0v) is 10.6. The Labute approximate surface area is 118 Å². The predicted molar refractivity (Wildman–Crippen MR) is 70.2 cm³/mol. The Kier molecular flexibility index (Phi) is 2.86. The van der Waals surface area contributed by atoms with Gasteiger partial charge in [-0.1, -0.05) is 0 Å². The van der Waals surface area contributed by atoms with E-state index in [1.54, 1.807) is 0 Å². The molecule has 0 aromatic heterocycles. The van der Waals surface area contributed by atoms with E-state index in [1.807, 2.05) is 0 Å². The molecule has 6 heteroatoms. The van der Waals surface area contributed by atoms with Crippen molar-refractivity contribution in [1.82, 2.24) is 0 Å². The molecule has 2 aliphatic carbocycles. The number of carbonyl (C=O) groups excluding carboxylic acids is 2. The van der Waals surface area contributed by atoms with Gasteiger partial charge in [-0.15, -0.1) is 0 Å². The number of benzene rings is 1. The van der Waals surface area contributed by atoms with Crippen LogP contribution < -0.4 is 0 Å². The van der Waals surface area contributed by atoms with Gasteiger partial charge in [0.25, 0.3) is 0 Å². The Hall–Kier alpha value is -2.57. The summed E-state index contributed by atoms with van der Waals surface area (Å²) in [5.74, 6) is -2.21. The molecule has 2 aliphatic rings. The molecule has 0 saturated heterocycles. The van der Waals surface area contributed by atoms with E-state index in [0.29, 0.717) is 0 Å². The lowest BCUT2D eigenvalue weighted by Gasteiger charge is -2.26. The third-order valence-corrected chi connectivity index (χ3v) is 3.56. The van der Waals surface area contributed by atoms with E-state index < -0.39 is 29.7 Å². The van der Waals surface area contributed by atoms with Crippen LogP contribution in [-0.2, 0) is 0 Å². The molecule has 1 aromatic carbocycles. The second kappa shape index (κ2) is 4.47. The van der Waals surface area contributed by atoms with Crippen molar-refractivity contribution in [2.24, 2.45) is 0 Å². The van der Waals surface area contributed by atoms with Crippen LogP contribution in [0.1, 0.15) is 31.1 Å². The van der Waals surface area contributed by atoms with Crippen LogP contribution in [0.3, 0.4) is 0 Å². The maximum absolute atomic E-state index is 12.4. The van der Waals surface area contributed by atoms with E-state index >= 15 is 0 Å². The van der Waals surface area contributed by atoms with E-state index in [9.17, 15) is 24.6 Å². The van der Waals surface area contributed by atoms with Gasteiger partial charge >= 0.3 is 5.97 Å². The lowest BCUT2D eigenvalue weighted by Crippen LogP contribution is -2.33. The molecule has 106 valence electrons. The standard InChI is InChI=1S/C15H10O6/c16-11-4-9-10(5-12(11)17)14(19)8-3-6(15(20)21)1-2-7(8)13(9)18/h1-5,11-12,16-17H,(H,20,21). The SMILES string of the molecule is O=C(O)c1ccc2c(c1)C(=O)C1=CC(O)C(O)C=C1C2=O. The second-order valence-electron chi connectivity index (χ2n) is 4.87. The van der Waals surface area contributed by atoms with Crippen molar-refractivity contribution in [3.63, 3.8) is 0 Å². The van der Waals surface area contributed by atoms with Crippen molar-refractivity contribution in [3.05, 3.63) is 58.2 Å². The Bertz CT molecular complexity index is 755. The maximum atomic E-state index is 12.4. The van der Waals surface area contributed by atoms with Gasteiger partial charge in [0, 0.05) is 22.3 Å². The smallest absolute Gasteiger partial charge is 0.335 e. The molecule has 3 N–H and O–H groups in total. The fourth-order valence-electron chi connectivity index (χ4n) is 2.47. The number of aliphatic hydroxyl groups is 2. The highest BCUT2D eigenvalue weighted by Crippen LogP contribution is 2.33. The largest absolute Gasteiger partial charge is 0.478 e.